The van der Waals surface area contributed by atoms with Gasteiger partial charge in [0, 0.05) is 31.4 Å². The highest BCUT2D eigenvalue weighted by atomic mass is 16.6. The molecule has 0 bridgehead atoms. The summed E-state index contributed by atoms with van der Waals surface area (Å²) >= 11 is 0. The van der Waals surface area contributed by atoms with E-state index in [-0.39, 0.29) is 12.2 Å². The fourth-order valence-electron chi connectivity index (χ4n) is 0.857. The molecule has 0 saturated heterocycles. The third-order valence-corrected chi connectivity index (χ3v) is 1.47. The van der Waals surface area contributed by atoms with Crippen molar-refractivity contribution in [1.82, 2.24) is 10.3 Å². The molecule has 0 fully saturated rings. The average molecular weight is 300 g/mol. The number of hydrogen-bond acceptors (Lipinski definition) is 6. The molecule has 7 nitrogen and oxygen atoms in total. The van der Waals surface area contributed by atoms with Crippen LogP contribution in [0.4, 0.5) is 5.69 Å². The van der Waals surface area contributed by atoms with E-state index in [4.69, 9.17) is 4.79 Å². The van der Waals surface area contributed by atoms with Crippen molar-refractivity contribution in [2.45, 2.75) is 40.7 Å². The van der Waals surface area contributed by atoms with Crippen molar-refractivity contribution in [2.75, 3.05) is 13.6 Å². The molecule has 3 N–H and O–H groups in total. The number of carbonyl (C=O) groups excluding carboxylic acids is 1. The summed E-state index contributed by atoms with van der Waals surface area (Å²) in [5, 5.41) is 13.2. The molecule has 0 aliphatic rings. The summed E-state index contributed by atoms with van der Waals surface area (Å²) in [5.41, 5.74) is 5.41. The first-order chi connectivity index (χ1) is 10.1. The average Bonchev–Trinajstić information content (AvgIpc) is 2.51. The lowest BCUT2D eigenvalue weighted by atomic mass is 10.3. The van der Waals surface area contributed by atoms with Crippen molar-refractivity contribution in [3.05, 3.63) is 34.1 Å². The Hall–Kier alpha value is -1.86. The van der Waals surface area contributed by atoms with Gasteiger partial charge in [0.2, 0.25) is 0 Å². The Kier molecular flexibility index (Phi) is 23.6. The predicted octanol–water partition coefficient (Wildman–Crippen LogP) is 2.30. The van der Waals surface area contributed by atoms with Crippen molar-refractivity contribution >= 4 is 12.0 Å². The number of rotatable bonds is 4. The van der Waals surface area contributed by atoms with E-state index in [1.54, 1.807) is 7.05 Å². The Morgan fingerprint density at radius 1 is 1.43 bits per heavy atom. The van der Waals surface area contributed by atoms with Crippen LogP contribution in [0.25, 0.3) is 0 Å². The largest absolute Gasteiger partial charge is 0.324 e. The second-order valence-electron chi connectivity index (χ2n) is 3.40. The molecule has 1 rings (SSSR count). The third kappa shape index (κ3) is 18.1. The summed E-state index contributed by atoms with van der Waals surface area (Å²) in [6.45, 7) is 8.93. The molecule has 0 aromatic carbocycles. The van der Waals surface area contributed by atoms with E-state index >= 15 is 0 Å². The molecular formula is C14H28N4O3. The van der Waals surface area contributed by atoms with Gasteiger partial charge in [-0.1, -0.05) is 34.1 Å². The van der Waals surface area contributed by atoms with Crippen LogP contribution in [-0.2, 0) is 11.3 Å². The lowest BCUT2D eigenvalue weighted by molar-refractivity contribution is -0.385. The zero-order chi connectivity index (χ0) is 17.1. The summed E-state index contributed by atoms with van der Waals surface area (Å²) < 4.78 is 0. The second-order valence-corrected chi connectivity index (χ2v) is 3.40. The molecule has 1 aromatic heterocycles. The number of nitrogens with two attached hydrogens (primary N) is 1. The minimum Gasteiger partial charge on any atom is -0.324 e. The summed E-state index contributed by atoms with van der Waals surface area (Å²) in [4.78, 5) is 22.9. The fraction of sp³-hybridized carbons (Fsp3) is 0.571. The Morgan fingerprint density at radius 3 is 2.24 bits per heavy atom. The van der Waals surface area contributed by atoms with Crippen LogP contribution >= 0.6 is 0 Å². The highest BCUT2D eigenvalue weighted by Crippen LogP contribution is 2.09. The van der Waals surface area contributed by atoms with Gasteiger partial charge in [-0.05, 0) is 7.05 Å². The fourth-order valence-corrected chi connectivity index (χ4v) is 0.857. The third-order valence-electron chi connectivity index (χ3n) is 1.47. The van der Waals surface area contributed by atoms with Gasteiger partial charge in [0.15, 0.2) is 0 Å². The first-order valence-corrected chi connectivity index (χ1v) is 6.94. The summed E-state index contributed by atoms with van der Waals surface area (Å²) in [5.74, 6) is 0. The van der Waals surface area contributed by atoms with Crippen molar-refractivity contribution < 1.29 is 9.72 Å². The van der Waals surface area contributed by atoms with E-state index in [1.807, 2.05) is 13.8 Å². The van der Waals surface area contributed by atoms with Crippen LogP contribution in [0.1, 0.15) is 39.8 Å². The SMILES string of the molecule is CC.CCC.CNCc1cc([N+](=O)[O-])ccn1.NCC=O. The first-order valence-electron chi connectivity index (χ1n) is 6.94. The van der Waals surface area contributed by atoms with Crippen LogP contribution in [0.2, 0.25) is 0 Å². The van der Waals surface area contributed by atoms with Crippen LogP contribution in [0, 0.1) is 10.1 Å². The Balaban J connectivity index is -0.000000301. The monoisotopic (exact) mass is 300 g/mol. The first kappa shape index (κ1) is 24.2. The molecule has 0 saturated carbocycles. The van der Waals surface area contributed by atoms with E-state index in [2.05, 4.69) is 29.9 Å². The van der Waals surface area contributed by atoms with Gasteiger partial charge in [-0.15, -0.1) is 0 Å². The van der Waals surface area contributed by atoms with Crippen molar-refractivity contribution in [3.8, 4) is 0 Å². The Bertz CT molecular complexity index is 360. The van der Waals surface area contributed by atoms with Gasteiger partial charge >= 0.3 is 0 Å². The molecule has 7 heteroatoms. The molecule has 0 spiro atoms. The zero-order valence-corrected chi connectivity index (χ0v) is 13.6. The molecule has 1 aromatic rings. The number of nitrogens with one attached hydrogen (secondary N) is 1. The minimum atomic E-state index is -0.430. The molecule has 122 valence electrons. The predicted molar refractivity (Wildman–Crippen MR) is 86.1 cm³/mol. The quantitative estimate of drug-likeness (QED) is 0.501. The van der Waals surface area contributed by atoms with E-state index in [0.717, 1.165) is 0 Å². The van der Waals surface area contributed by atoms with Crippen LogP contribution in [0.3, 0.4) is 0 Å². The highest BCUT2D eigenvalue weighted by Gasteiger charge is 2.05. The summed E-state index contributed by atoms with van der Waals surface area (Å²) in [6.07, 6.45) is 3.34. The maximum atomic E-state index is 10.3. The number of carbonyl (C=O) groups is 1. The number of aldehydes is 1. The molecule has 21 heavy (non-hydrogen) atoms. The summed E-state index contributed by atoms with van der Waals surface area (Å²) in [7, 11) is 1.76. The van der Waals surface area contributed by atoms with Crippen LogP contribution < -0.4 is 11.1 Å². The number of nitrogens with zero attached hydrogens (tertiary/aromatic N) is 2. The van der Waals surface area contributed by atoms with Crippen molar-refractivity contribution in [1.29, 1.82) is 0 Å². The Morgan fingerprint density at radius 2 is 1.90 bits per heavy atom. The van der Waals surface area contributed by atoms with Gasteiger partial charge in [0.05, 0.1) is 10.6 Å². The normalized spacial score (nSPS) is 7.90. The lowest BCUT2D eigenvalue weighted by Crippen LogP contribution is -2.06. The van der Waals surface area contributed by atoms with Crippen LogP contribution in [-0.4, -0.2) is 29.8 Å². The lowest BCUT2D eigenvalue weighted by Gasteiger charge is -1.97. The van der Waals surface area contributed by atoms with Gasteiger partial charge in [-0.25, -0.2) is 0 Å². The maximum absolute atomic E-state index is 10.3. The van der Waals surface area contributed by atoms with E-state index in [0.29, 0.717) is 18.5 Å². The molecule has 0 radical (unpaired) electrons. The van der Waals surface area contributed by atoms with Gasteiger partial charge in [0.1, 0.15) is 6.29 Å². The highest BCUT2D eigenvalue weighted by molar-refractivity contribution is 5.51. The zero-order valence-electron chi connectivity index (χ0n) is 13.6. The molecule has 0 aliphatic heterocycles. The number of nitro groups is 1. The number of pyridine rings is 1. The Labute approximate surface area is 127 Å². The molecule has 0 aliphatic carbocycles. The second kappa shape index (κ2) is 20.5. The van der Waals surface area contributed by atoms with Crippen LogP contribution in [0.15, 0.2) is 18.3 Å². The minimum absolute atomic E-state index is 0.0789. The van der Waals surface area contributed by atoms with Gasteiger partial charge in [0.25, 0.3) is 5.69 Å². The van der Waals surface area contributed by atoms with Crippen LogP contribution in [0.5, 0.6) is 0 Å². The standard InChI is InChI=1S/C7H9N3O2.C3H8.C2H5NO.C2H6/c1-8-5-6-4-7(10(11)12)2-3-9-6;1-3-2;3-1-2-4;1-2/h2-4,8H,5H2,1H3;3H2,1-2H3;2H,1,3H2;1-2H3. The molecule has 0 unspecified atom stereocenters. The number of hydrogen-bond donors (Lipinski definition) is 2. The molecule has 0 atom stereocenters. The van der Waals surface area contributed by atoms with Crippen molar-refractivity contribution in [3.63, 3.8) is 0 Å². The molecule has 1 heterocycles. The topological polar surface area (TPSA) is 111 Å². The van der Waals surface area contributed by atoms with Gasteiger partial charge < -0.3 is 15.8 Å². The van der Waals surface area contributed by atoms with E-state index in [9.17, 15) is 10.1 Å². The smallest absolute Gasteiger partial charge is 0.272 e. The molecule has 0 amide bonds. The summed E-state index contributed by atoms with van der Waals surface area (Å²) in [6, 6.07) is 2.83. The van der Waals surface area contributed by atoms with Gasteiger partial charge in [-0.3, -0.25) is 15.1 Å². The maximum Gasteiger partial charge on any atom is 0.272 e. The van der Waals surface area contributed by atoms with E-state index < -0.39 is 4.92 Å². The molecular weight excluding hydrogens is 272 g/mol. The van der Waals surface area contributed by atoms with Gasteiger partial charge in [-0.2, -0.15) is 0 Å². The number of aromatic nitrogens is 1. The van der Waals surface area contributed by atoms with Crippen molar-refractivity contribution in [2.24, 2.45) is 5.73 Å². The van der Waals surface area contributed by atoms with E-state index in [1.165, 1.54) is 24.8 Å².